The zero-order valence-electron chi connectivity index (χ0n) is 13.5. The Hall–Kier alpha value is -3.40. The van der Waals surface area contributed by atoms with Crippen molar-refractivity contribution in [3.63, 3.8) is 0 Å². The number of pyridine rings is 1. The average Bonchev–Trinajstić information content (AvgIpc) is 2.53. The lowest BCUT2D eigenvalue weighted by molar-refractivity contribution is 0.252. The van der Waals surface area contributed by atoms with E-state index in [1.807, 2.05) is 6.92 Å². The number of fused-ring (bicyclic) bond motifs is 1. The summed E-state index contributed by atoms with van der Waals surface area (Å²) in [6.45, 7) is 4.11. The Bertz CT molecular complexity index is 859. The zero-order chi connectivity index (χ0) is 17.5. The van der Waals surface area contributed by atoms with Crippen molar-refractivity contribution in [1.82, 2.24) is 20.3 Å². The molecule has 0 spiro atoms. The third kappa shape index (κ3) is 4.30. The molecular formula is C17H18N6O. The smallest absolute Gasteiger partial charge is 0.320 e. The van der Waals surface area contributed by atoms with E-state index in [-0.39, 0.29) is 6.03 Å². The Morgan fingerprint density at radius 1 is 1.42 bits per heavy atom. The summed E-state index contributed by atoms with van der Waals surface area (Å²) in [4.78, 5) is 24.6. The highest BCUT2D eigenvalue weighted by atomic mass is 16.2. The molecule has 2 aromatic rings. The number of carbonyl (C=O) groups excluding carboxylic acids is 1. The minimum Gasteiger partial charge on any atom is -0.402 e. The van der Waals surface area contributed by atoms with Crippen molar-refractivity contribution in [3.8, 4) is 12.3 Å². The van der Waals surface area contributed by atoms with E-state index in [4.69, 9.17) is 12.2 Å². The van der Waals surface area contributed by atoms with Crippen LogP contribution in [-0.4, -0.2) is 27.5 Å². The van der Waals surface area contributed by atoms with Crippen LogP contribution in [-0.2, 0) is 0 Å². The molecule has 0 aliphatic heterocycles. The van der Waals surface area contributed by atoms with Gasteiger partial charge in [-0.3, -0.25) is 10.3 Å². The maximum Gasteiger partial charge on any atom is 0.320 e. The molecule has 0 saturated carbocycles. The quantitative estimate of drug-likeness (QED) is 0.590. The van der Waals surface area contributed by atoms with E-state index in [1.54, 1.807) is 37.4 Å². The molecule has 0 aromatic carbocycles. The third-order valence-corrected chi connectivity index (χ3v) is 2.90. The number of hydrogen-bond donors (Lipinski definition) is 3. The number of hydrogen-bond acceptors (Lipinski definition) is 5. The highest BCUT2D eigenvalue weighted by Gasteiger charge is 2.07. The first-order valence-corrected chi connectivity index (χ1v) is 7.32. The number of carbonyl (C=O) groups is 1. The molecule has 4 N–H and O–H groups in total. The number of aromatic nitrogens is 3. The van der Waals surface area contributed by atoms with Crippen LogP contribution in [0.15, 0.2) is 36.2 Å². The van der Waals surface area contributed by atoms with Crippen molar-refractivity contribution in [2.45, 2.75) is 13.8 Å². The third-order valence-electron chi connectivity index (χ3n) is 2.90. The molecule has 2 amide bonds. The number of allylic oxidation sites excluding steroid dienone is 4. The summed E-state index contributed by atoms with van der Waals surface area (Å²) in [6, 6.07) is 3.06. The second-order valence-electron chi connectivity index (χ2n) is 4.93. The number of amides is 2. The molecule has 24 heavy (non-hydrogen) atoms. The maximum atomic E-state index is 11.6. The number of terminal acetylenes is 1. The van der Waals surface area contributed by atoms with Crippen molar-refractivity contribution in [3.05, 3.63) is 41.9 Å². The molecular weight excluding hydrogens is 304 g/mol. The first kappa shape index (κ1) is 17.0. The van der Waals surface area contributed by atoms with Crippen molar-refractivity contribution in [2.24, 2.45) is 5.73 Å². The lowest BCUT2D eigenvalue weighted by atomic mass is 10.1. The molecule has 0 bridgehead atoms. The summed E-state index contributed by atoms with van der Waals surface area (Å²) in [5, 5.41) is 5.26. The van der Waals surface area contributed by atoms with Gasteiger partial charge < -0.3 is 11.1 Å². The summed E-state index contributed by atoms with van der Waals surface area (Å²) >= 11 is 0. The summed E-state index contributed by atoms with van der Waals surface area (Å²) in [5.41, 5.74) is 8.52. The minimum absolute atomic E-state index is 0.330. The van der Waals surface area contributed by atoms with Gasteiger partial charge in [-0.15, -0.1) is 6.42 Å². The van der Waals surface area contributed by atoms with Crippen LogP contribution >= 0.6 is 0 Å². The van der Waals surface area contributed by atoms with Gasteiger partial charge in [-0.05, 0) is 38.1 Å². The fourth-order valence-corrected chi connectivity index (χ4v) is 1.95. The molecule has 0 radical (unpaired) electrons. The SMILES string of the molecule is C#C/C=C(\C=C(/C)N)c1cnc2ccc(NC(=O)NCC)nc2n1. The lowest BCUT2D eigenvalue weighted by Gasteiger charge is -2.07. The fraction of sp³-hybridized carbons (Fsp3) is 0.176. The molecule has 0 unspecified atom stereocenters. The van der Waals surface area contributed by atoms with Gasteiger partial charge in [0.1, 0.15) is 11.3 Å². The second-order valence-corrected chi connectivity index (χ2v) is 4.93. The van der Waals surface area contributed by atoms with E-state index in [0.717, 1.165) is 0 Å². The Morgan fingerprint density at radius 2 is 2.21 bits per heavy atom. The number of rotatable bonds is 4. The summed E-state index contributed by atoms with van der Waals surface area (Å²) < 4.78 is 0. The molecule has 0 saturated heterocycles. The van der Waals surface area contributed by atoms with E-state index in [0.29, 0.717) is 40.5 Å². The van der Waals surface area contributed by atoms with Gasteiger partial charge in [-0.2, -0.15) is 0 Å². The van der Waals surface area contributed by atoms with Gasteiger partial charge in [0.25, 0.3) is 0 Å². The van der Waals surface area contributed by atoms with Gasteiger partial charge in [-0.1, -0.05) is 5.92 Å². The second kappa shape index (κ2) is 7.74. The Morgan fingerprint density at radius 3 is 2.88 bits per heavy atom. The molecule has 0 fully saturated rings. The van der Waals surface area contributed by atoms with E-state index in [2.05, 4.69) is 31.5 Å². The van der Waals surface area contributed by atoms with E-state index in [1.165, 1.54) is 0 Å². The van der Waals surface area contributed by atoms with Crippen LogP contribution in [0.2, 0.25) is 0 Å². The summed E-state index contributed by atoms with van der Waals surface area (Å²) in [5.74, 6) is 2.84. The molecule has 0 atom stereocenters. The number of nitrogens with zero attached hydrogens (tertiary/aromatic N) is 3. The van der Waals surface area contributed by atoms with Crippen molar-refractivity contribution in [2.75, 3.05) is 11.9 Å². The maximum absolute atomic E-state index is 11.6. The molecule has 0 aliphatic rings. The fourth-order valence-electron chi connectivity index (χ4n) is 1.95. The van der Waals surface area contributed by atoms with Crippen LogP contribution in [0.1, 0.15) is 19.5 Å². The van der Waals surface area contributed by atoms with E-state index in [9.17, 15) is 4.79 Å². The van der Waals surface area contributed by atoms with Gasteiger partial charge in [0, 0.05) is 17.8 Å². The summed E-state index contributed by atoms with van der Waals surface area (Å²) in [7, 11) is 0. The van der Waals surface area contributed by atoms with Crippen LogP contribution in [0.3, 0.4) is 0 Å². The van der Waals surface area contributed by atoms with Crippen molar-refractivity contribution in [1.29, 1.82) is 0 Å². The van der Waals surface area contributed by atoms with E-state index < -0.39 is 0 Å². The first-order chi connectivity index (χ1) is 11.5. The minimum atomic E-state index is -0.330. The lowest BCUT2D eigenvalue weighted by Crippen LogP contribution is -2.28. The van der Waals surface area contributed by atoms with Crippen molar-refractivity contribution >= 4 is 28.6 Å². The normalized spacial score (nSPS) is 11.9. The highest BCUT2D eigenvalue weighted by molar-refractivity contribution is 5.89. The number of urea groups is 1. The van der Waals surface area contributed by atoms with Crippen LogP contribution in [0, 0.1) is 12.3 Å². The Kier molecular flexibility index (Phi) is 5.47. The Balaban J connectivity index is 2.41. The van der Waals surface area contributed by atoms with Gasteiger partial charge in [0.05, 0.1) is 11.9 Å². The number of nitrogens with one attached hydrogen (secondary N) is 2. The van der Waals surface area contributed by atoms with Gasteiger partial charge >= 0.3 is 6.03 Å². The molecule has 0 aliphatic carbocycles. The predicted octanol–water partition coefficient (Wildman–Crippen LogP) is 2.05. The van der Waals surface area contributed by atoms with Crippen LogP contribution < -0.4 is 16.4 Å². The van der Waals surface area contributed by atoms with E-state index >= 15 is 0 Å². The predicted molar refractivity (Wildman–Crippen MR) is 94.8 cm³/mol. The van der Waals surface area contributed by atoms with Crippen LogP contribution in [0.5, 0.6) is 0 Å². The molecule has 7 nitrogen and oxygen atoms in total. The van der Waals surface area contributed by atoms with Gasteiger partial charge in [-0.25, -0.2) is 14.8 Å². The summed E-state index contributed by atoms with van der Waals surface area (Å²) in [6.07, 6.45) is 10.2. The van der Waals surface area contributed by atoms with Gasteiger partial charge in [0.15, 0.2) is 5.65 Å². The number of anilines is 1. The first-order valence-electron chi connectivity index (χ1n) is 7.32. The van der Waals surface area contributed by atoms with Crippen LogP contribution in [0.4, 0.5) is 10.6 Å². The molecule has 2 heterocycles. The molecule has 2 aromatic heterocycles. The average molecular weight is 322 g/mol. The zero-order valence-corrected chi connectivity index (χ0v) is 13.5. The standard InChI is InChI=1S/C17H18N6O/c1-4-6-12(9-11(3)18)14-10-20-13-7-8-15(22-16(13)21-14)23-17(24)19-5-2/h1,6-10H,5,18H2,2-3H3,(H2,19,21,22,23,24)/b11-9+,12-6+. The molecule has 7 heteroatoms. The van der Waals surface area contributed by atoms with Crippen LogP contribution in [0.25, 0.3) is 16.7 Å². The highest BCUT2D eigenvalue weighted by Crippen LogP contribution is 2.17. The Labute approximate surface area is 140 Å². The monoisotopic (exact) mass is 322 g/mol. The largest absolute Gasteiger partial charge is 0.402 e. The van der Waals surface area contributed by atoms with Gasteiger partial charge in [0.2, 0.25) is 0 Å². The molecule has 2 rings (SSSR count). The van der Waals surface area contributed by atoms with Crippen molar-refractivity contribution < 1.29 is 4.79 Å². The topological polar surface area (TPSA) is 106 Å². The molecule has 122 valence electrons. The number of nitrogens with two attached hydrogens (primary N) is 1.